The second-order valence-corrected chi connectivity index (χ2v) is 4.61. The number of nitrogens with zero attached hydrogens (tertiary/aromatic N) is 2. The molecule has 2 aromatic rings. The molecule has 0 aliphatic carbocycles. The average molecular weight is 275 g/mol. The second kappa shape index (κ2) is 4.52. The molecule has 0 spiro atoms. The summed E-state index contributed by atoms with van der Waals surface area (Å²) in [6.45, 7) is 2.83. The normalized spacial score (nSPS) is 19.1. The van der Waals surface area contributed by atoms with Crippen molar-refractivity contribution in [1.82, 2.24) is 10.3 Å². The molecule has 1 saturated heterocycles. The number of anilines is 1. The number of carboxylic acids is 1. The van der Waals surface area contributed by atoms with E-state index in [2.05, 4.69) is 10.3 Å². The lowest BCUT2D eigenvalue weighted by Gasteiger charge is -2.31. The van der Waals surface area contributed by atoms with Gasteiger partial charge in [-0.1, -0.05) is 6.07 Å². The lowest BCUT2D eigenvalue weighted by atomic mass is 10.2. The Morgan fingerprint density at radius 3 is 3.10 bits per heavy atom. The van der Waals surface area contributed by atoms with E-state index in [9.17, 15) is 9.59 Å². The summed E-state index contributed by atoms with van der Waals surface area (Å²) in [7, 11) is 0. The van der Waals surface area contributed by atoms with Crippen LogP contribution in [0, 0.1) is 0 Å². The van der Waals surface area contributed by atoms with Crippen LogP contribution >= 0.6 is 0 Å². The molecule has 1 aliphatic rings. The van der Waals surface area contributed by atoms with Gasteiger partial charge in [-0.2, -0.15) is 4.98 Å². The molecule has 3 rings (SSSR count). The van der Waals surface area contributed by atoms with E-state index >= 15 is 0 Å². The highest BCUT2D eigenvalue weighted by Gasteiger charge is 2.29. The summed E-state index contributed by atoms with van der Waals surface area (Å²) in [4.78, 5) is 28.8. The number of amides is 1. The van der Waals surface area contributed by atoms with E-state index < -0.39 is 12.0 Å². The minimum absolute atomic E-state index is 0.0895. The van der Waals surface area contributed by atoms with Crippen molar-refractivity contribution in [2.24, 2.45) is 0 Å². The Balaban J connectivity index is 2.07. The first-order valence-electron chi connectivity index (χ1n) is 6.25. The summed E-state index contributed by atoms with van der Waals surface area (Å²) in [5, 5.41) is 11.9. The molecule has 1 fully saturated rings. The number of hydrogen-bond acceptors (Lipinski definition) is 5. The smallest absolute Gasteiger partial charge is 0.338 e. The zero-order valence-electron chi connectivity index (χ0n) is 10.8. The van der Waals surface area contributed by atoms with Crippen LogP contribution < -0.4 is 10.2 Å². The summed E-state index contributed by atoms with van der Waals surface area (Å²) in [6.07, 6.45) is 0. The van der Waals surface area contributed by atoms with Crippen molar-refractivity contribution >= 4 is 29.0 Å². The maximum absolute atomic E-state index is 11.7. The Bertz CT molecular complexity index is 694. The third kappa shape index (κ3) is 1.87. The SMILES string of the molecule is C[C@H]1C(=O)NCCN1c1nc2c(C(=O)O)cccc2o1. The van der Waals surface area contributed by atoms with Gasteiger partial charge in [0.05, 0.1) is 5.56 Å². The fraction of sp³-hybridized carbons (Fsp3) is 0.308. The lowest BCUT2D eigenvalue weighted by Crippen LogP contribution is -2.54. The maximum atomic E-state index is 11.7. The van der Waals surface area contributed by atoms with Crippen LogP contribution in [-0.4, -0.2) is 41.1 Å². The van der Waals surface area contributed by atoms with Gasteiger partial charge < -0.3 is 19.7 Å². The minimum atomic E-state index is -1.06. The monoisotopic (exact) mass is 275 g/mol. The van der Waals surface area contributed by atoms with Gasteiger partial charge in [-0.3, -0.25) is 4.79 Å². The number of fused-ring (bicyclic) bond motifs is 1. The second-order valence-electron chi connectivity index (χ2n) is 4.61. The highest BCUT2D eigenvalue weighted by molar-refractivity contribution is 6.00. The third-order valence-corrected chi connectivity index (χ3v) is 3.38. The van der Waals surface area contributed by atoms with E-state index in [1.165, 1.54) is 6.07 Å². The predicted molar refractivity (Wildman–Crippen MR) is 70.8 cm³/mol. The number of rotatable bonds is 2. The Kier molecular flexibility index (Phi) is 2.81. The molecule has 1 aromatic carbocycles. The number of oxazole rings is 1. The summed E-state index contributed by atoms with van der Waals surface area (Å²) in [5.41, 5.74) is 0.790. The first kappa shape index (κ1) is 12.5. The molecule has 0 unspecified atom stereocenters. The molecule has 0 saturated carbocycles. The van der Waals surface area contributed by atoms with Crippen molar-refractivity contribution in [2.45, 2.75) is 13.0 Å². The van der Waals surface area contributed by atoms with E-state index in [-0.39, 0.29) is 17.5 Å². The number of para-hydroxylation sites is 1. The van der Waals surface area contributed by atoms with Crippen molar-refractivity contribution < 1.29 is 19.1 Å². The number of hydrogen-bond donors (Lipinski definition) is 2. The van der Waals surface area contributed by atoms with E-state index in [1.54, 1.807) is 24.0 Å². The first-order chi connectivity index (χ1) is 9.58. The first-order valence-corrected chi connectivity index (χ1v) is 6.25. The van der Waals surface area contributed by atoms with E-state index in [1.807, 2.05) is 0 Å². The van der Waals surface area contributed by atoms with E-state index in [0.29, 0.717) is 24.2 Å². The molecule has 7 heteroatoms. The molecular formula is C13H13N3O4. The molecule has 104 valence electrons. The van der Waals surface area contributed by atoms with Gasteiger partial charge in [-0.25, -0.2) is 4.79 Å². The van der Waals surface area contributed by atoms with Gasteiger partial charge >= 0.3 is 5.97 Å². The number of aromatic nitrogens is 1. The fourth-order valence-electron chi connectivity index (χ4n) is 2.28. The van der Waals surface area contributed by atoms with Gasteiger partial charge in [0.2, 0.25) is 5.91 Å². The van der Waals surface area contributed by atoms with Crippen LogP contribution in [0.25, 0.3) is 11.1 Å². The van der Waals surface area contributed by atoms with Crippen molar-refractivity contribution in [2.75, 3.05) is 18.0 Å². The standard InChI is InChI=1S/C13H13N3O4/c1-7-11(17)14-5-6-16(7)13-15-10-8(12(18)19)3-2-4-9(10)20-13/h2-4,7H,5-6H2,1H3,(H,14,17)(H,18,19)/t7-/m0/s1. The predicted octanol–water partition coefficient (Wildman–Crippen LogP) is 0.851. The van der Waals surface area contributed by atoms with Crippen molar-refractivity contribution in [3.63, 3.8) is 0 Å². The summed E-state index contributed by atoms with van der Waals surface area (Å²) in [5.74, 6) is -1.16. The molecule has 7 nitrogen and oxygen atoms in total. The fourth-order valence-corrected chi connectivity index (χ4v) is 2.28. The summed E-state index contributed by atoms with van der Waals surface area (Å²) < 4.78 is 5.59. The molecule has 0 bridgehead atoms. The van der Waals surface area contributed by atoms with Crippen LogP contribution in [-0.2, 0) is 4.79 Å². The van der Waals surface area contributed by atoms with Crippen LogP contribution in [0.15, 0.2) is 22.6 Å². The van der Waals surface area contributed by atoms with Crippen LogP contribution in [0.5, 0.6) is 0 Å². The van der Waals surface area contributed by atoms with Crippen LogP contribution in [0.3, 0.4) is 0 Å². The number of carbonyl (C=O) groups is 2. The zero-order chi connectivity index (χ0) is 14.3. The zero-order valence-corrected chi connectivity index (χ0v) is 10.8. The van der Waals surface area contributed by atoms with Gasteiger partial charge in [0.25, 0.3) is 6.01 Å². The molecule has 20 heavy (non-hydrogen) atoms. The highest BCUT2D eigenvalue weighted by atomic mass is 16.4. The lowest BCUT2D eigenvalue weighted by molar-refractivity contribution is -0.123. The summed E-state index contributed by atoms with van der Waals surface area (Å²) in [6, 6.07) is 4.62. The average Bonchev–Trinajstić information content (AvgIpc) is 2.84. The summed E-state index contributed by atoms with van der Waals surface area (Å²) >= 11 is 0. The molecule has 1 amide bonds. The number of piperazine rings is 1. The molecule has 1 aromatic heterocycles. The Morgan fingerprint density at radius 1 is 1.55 bits per heavy atom. The molecule has 2 heterocycles. The van der Waals surface area contributed by atoms with Gasteiger partial charge in [-0.15, -0.1) is 0 Å². The van der Waals surface area contributed by atoms with Gasteiger partial charge in [0.1, 0.15) is 11.6 Å². The molecule has 0 radical (unpaired) electrons. The number of nitrogens with one attached hydrogen (secondary N) is 1. The number of aromatic carboxylic acids is 1. The molecule has 2 N–H and O–H groups in total. The van der Waals surface area contributed by atoms with Crippen LogP contribution in [0.2, 0.25) is 0 Å². The minimum Gasteiger partial charge on any atom is -0.478 e. The van der Waals surface area contributed by atoms with E-state index in [4.69, 9.17) is 9.52 Å². The maximum Gasteiger partial charge on any atom is 0.338 e. The number of carbonyl (C=O) groups excluding carboxylic acids is 1. The quantitative estimate of drug-likeness (QED) is 0.843. The molecule has 1 atom stereocenters. The van der Waals surface area contributed by atoms with Gasteiger partial charge in [0, 0.05) is 13.1 Å². The Labute approximate surface area is 114 Å². The van der Waals surface area contributed by atoms with Crippen molar-refractivity contribution in [3.05, 3.63) is 23.8 Å². The largest absolute Gasteiger partial charge is 0.478 e. The van der Waals surface area contributed by atoms with Gasteiger partial charge in [0.15, 0.2) is 5.58 Å². The molecular weight excluding hydrogens is 262 g/mol. The third-order valence-electron chi connectivity index (χ3n) is 3.38. The van der Waals surface area contributed by atoms with Crippen LogP contribution in [0.1, 0.15) is 17.3 Å². The van der Waals surface area contributed by atoms with E-state index in [0.717, 1.165) is 0 Å². The Morgan fingerprint density at radius 2 is 2.35 bits per heavy atom. The van der Waals surface area contributed by atoms with Crippen molar-refractivity contribution in [1.29, 1.82) is 0 Å². The Hall–Kier alpha value is -2.57. The number of carboxylic acid groups (broad SMARTS) is 1. The van der Waals surface area contributed by atoms with Crippen LogP contribution in [0.4, 0.5) is 6.01 Å². The number of benzene rings is 1. The van der Waals surface area contributed by atoms with Crippen molar-refractivity contribution in [3.8, 4) is 0 Å². The topological polar surface area (TPSA) is 95.7 Å². The molecule has 1 aliphatic heterocycles. The van der Waals surface area contributed by atoms with Gasteiger partial charge in [-0.05, 0) is 19.1 Å². The highest BCUT2D eigenvalue weighted by Crippen LogP contribution is 2.26.